The van der Waals surface area contributed by atoms with Crippen molar-refractivity contribution in [2.75, 3.05) is 0 Å². The molecule has 5 heteroatoms. The lowest BCUT2D eigenvalue weighted by Crippen LogP contribution is -2.08. The normalized spacial score (nSPS) is 12.7. The second kappa shape index (κ2) is 4.46. The summed E-state index contributed by atoms with van der Waals surface area (Å²) in [7, 11) is 0. The van der Waals surface area contributed by atoms with Crippen molar-refractivity contribution in [3.8, 4) is 0 Å². The van der Waals surface area contributed by atoms with E-state index in [4.69, 9.17) is 0 Å². The first kappa shape index (κ1) is 10.2. The van der Waals surface area contributed by atoms with Crippen LogP contribution in [0.4, 0.5) is 4.39 Å². The number of aromatic amines is 1. The minimum atomic E-state index is -1.32. The van der Waals surface area contributed by atoms with Crippen LogP contribution in [-0.2, 0) is 16.9 Å². The highest BCUT2D eigenvalue weighted by Gasteiger charge is 2.16. The standard InChI is InChI=1S/C10H9FN2OS/c11-9-4-2-1-3-8(9)7-15(14)10-12-5-6-13-10/h1-6H,7H2,(H,12,13). The Labute approximate surface area is 89.5 Å². The predicted octanol–water partition coefficient (Wildman–Crippen LogP) is 1.86. The van der Waals surface area contributed by atoms with Gasteiger partial charge in [0.15, 0.2) is 0 Å². The maximum absolute atomic E-state index is 13.2. The highest BCUT2D eigenvalue weighted by molar-refractivity contribution is 7.90. The molecule has 0 saturated heterocycles. The summed E-state index contributed by atoms with van der Waals surface area (Å²) in [4.78, 5) is 6.61. The van der Waals surface area contributed by atoms with Gasteiger partial charge in [-0.2, -0.15) is 4.98 Å². The van der Waals surface area contributed by atoms with Gasteiger partial charge in [0.25, 0.3) is 0 Å². The van der Waals surface area contributed by atoms with Crippen LogP contribution in [0.3, 0.4) is 0 Å². The van der Waals surface area contributed by atoms with Crippen LogP contribution in [0.1, 0.15) is 5.56 Å². The molecule has 1 atom stereocenters. The molecule has 1 aromatic heterocycles. The van der Waals surface area contributed by atoms with E-state index in [1.165, 1.54) is 12.3 Å². The van der Waals surface area contributed by atoms with Crippen molar-refractivity contribution in [1.82, 2.24) is 9.97 Å². The first-order chi connectivity index (χ1) is 7.27. The minimum absolute atomic E-state index is 0.139. The van der Waals surface area contributed by atoms with E-state index in [-0.39, 0.29) is 11.6 Å². The highest BCUT2D eigenvalue weighted by atomic mass is 32.2. The number of H-pyrrole nitrogens is 1. The molecule has 0 aliphatic rings. The number of nitrogens with zero attached hydrogens (tertiary/aromatic N) is 1. The van der Waals surface area contributed by atoms with Crippen molar-refractivity contribution in [2.24, 2.45) is 0 Å². The van der Waals surface area contributed by atoms with Gasteiger partial charge in [-0.05, 0) is 6.07 Å². The number of rotatable bonds is 3. The predicted molar refractivity (Wildman–Crippen MR) is 55.1 cm³/mol. The van der Waals surface area contributed by atoms with Crippen LogP contribution in [0, 0.1) is 5.82 Å². The average Bonchev–Trinajstić information content (AvgIpc) is 2.74. The molecule has 1 N–H and O–H groups in total. The molecule has 1 unspecified atom stereocenters. The number of nitrogens with one attached hydrogen (secondary N) is 1. The molecule has 3 nitrogen and oxygen atoms in total. The Morgan fingerprint density at radius 2 is 2.20 bits per heavy atom. The molecule has 2 rings (SSSR count). The quantitative estimate of drug-likeness (QED) is 0.809. The Bertz CT molecular complexity index is 433. The molecule has 0 radical (unpaired) electrons. The number of halogens is 1. The monoisotopic (exact) mass is 224 g/mol. The fourth-order valence-corrected chi connectivity index (χ4v) is 2.23. The summed E-state index contributed by atoms with van der Waals surface area (Å²) < 4.78 is 24.9. The second-order valence-electron chi connectivity index (χ2n) is 2.98. The zero-order valence-electron chi connectivity index (χ0n) is 7.81. The fraction of sp³-hybridized carbons (Fsp3) is 0.100. The number of aromatic nitrogens is 2. The zero-order chi connectivity index (χ0) is 10.7. The van der Waals surface area contributed by atoms with Gasteiger partial charge in [-0.25, -0.2) is 4.39 Å². The van der Waals surface area contributed by atoms with Crippen molar-refractivity contribution in [3.63, 3.8) is 0 Å². The Balaban J connectivity index is 2.13. The molecule has 0 aliphatic carbocycles. The summed E-state index contributed by atoms with van der Waals surface area (Å²) in [6.45, 7) is 0. The van der Waals surface area contributed by atoms with Gasteiger partial charge in [0.05, 0.1) is 0 Å². The highest BCUT2D eigenvalue weighted by Crippen LogP contribution is 2.14. The van der Waals surface area contributed by atoms with E-state index in [1.807, 2.05) is 0 Å². The Kier molecular flexibility index (Phi) is 3.03. The van der Waals surface area contributed by atoms with Crippen LogP contribution < -0.4 is 0 Å². The van der Waals surface area contributed by atoms with Crippen molar-refractivity contribution in [1.29, 1.82) is 0 Å². The molecule has 0 amide bonds. The lowest BCUT2D eigenvalue weighted by molar-refractivity contribution is 0.580. The Hall–Kier alpha value is -1.33. The first-order valence-corrected chi connectivity index (χ1v) is 5.70. The zero-order valence-corrected chi connectivity index (χ0v) is 8.63. The van der Waals surface area contributed by atoms with Crippen LogP contribution >= 0.6 is 0 Å². The molecule has 0 bridgehead atoms. The third-order valence-corrected chi connectivity index (χ3v) is 3.16. The van der Waals surface area contributed by atoms with Gasteiger partial charge in [-0.15, -0.1) is 0 Å². The molecular weight excluding hydrogens is 215 g/mol. The second-order valence-corrected chi connectivity index (χ2v) is 4.34. The van der Waals surface area contributed by atoms with Crippen LogP contribution in [-0.4, -0.2) is 14.5 Å². The molecule has 1 heterocycles. The van der Waals surface area contributed by atoms with Gasteiger partial charge < -0.3 is 9.54 Å². The maximum Gasteiger partial charge on any atom is 0.320 e. The van der Waals surface area contributed by atoms with Crippen LogP contribution in [0.2, 0.25) is 0 Å². The van der Waals surface area contributed by atoms with Gasteiger partial charge in [0.2, 0.25) is 0 Å². The topological polar surface area (TPSA) is 51.7 Å². The number of benzene rings is 1. The SMILES string of the molecule is [O-][S+](Cc1ccccc1F)c1ncc[nH]1. The lowest BCUT2D eigenvalue weighted by atomic mass is 10.2. The maximum atomic E-state index is 13.2. The minimum Gasteiger partial charge on any atom is -0.609 e. The van der Waals surface area contributed by atoms with E-state index in [9.17, 15) is 8.94 Å². The molecule has 15 heavy (non-hydrogen) atoms. The van der Waals surface area contributed by atoms with Gasteiger partial charge in [-0.1, -0.05) is 18.2 Å². The van der Waals surface area contributed by atoms with Crippen molar-refractivity contribution in [2.45, 2.75) is 10.9 Å². The van der Waals surface area contributed by atoms with Crippen LogP contribution in [0.25, 0.3) is 0 Å². The Morgan fingerprint density at radius 3 is 2.87 bits per heavy atom. The van der Waals surface area contributed by atoms with E-state index in [2.05, 4.69) is 9.97 Å². The summed E-state index contributed by atoms with van der Waals surface area (Å²) in [6, 6.07) is 6.30. The number of hydrogen-bond acceptors (Lipinski definition) is 2. The summed E-state index contributed by atoms with van der Waals surface area (Å²) in [5.74, 6) is -0.197. The summed E-state index contributed by atoms with van der Waals surface area (Å²) in [5, 5.41) is 0.373. The van der Waals surface area contributed by atoms with Gasteiger partial charge in [0.1, 0.15) is 11.6 Å². The molecule has 0 saturated carbocycles. The van der Waals surface area contributed by atoms with E-state index in [0.717, 1.165) is 0 Å². The smallest absolute Gasteiger partial charge is 0.320 e. The summed E-state index contributed by atoms with van der Waals surface area (Å²) >= 11 is -1.32. The third-order valence-electron chi connectivity index (χ3n) is 1.93. The molecular formula is C10H9FN2OS. The molecule has 0 spiro atoms. The summed E-state index contributed by atoms with van der Waals surface area (Å²) in [5.41, 5.74) is 0.437. The summed E-state index contributed by atoms with van der Waals surface area (Å²) in [6.07, 6.45) is 3.11. The van der Waals surface area contributed by atoms with E-state index in [1.54, 1.807) is 24.4 Å². The molecule has 0 fully saturated rings. The van der Waals surface area contributed by atoms with Crippen molar-refractivity contribution in [3.05, 3.63) is 48.0 Å². The van der Waals surface area contributed by atoms with Gasteiger partial charge >= 0.3 is 5.16 Å². The Morgan fingerprint density at radius 1 is 1.40 bits per heavy atom. The molecule has 2 aromatic rings. The van der Waals surface area contributed by atoms with E-state index < -0.39 is 11.2 Å². The van der Waals surface area contributed by atoms with Gasteiger partial charge in [0, 0.05) is 29.1 Å². The average molecular weight is 224 g/mol. The lowest BCUT2D eigenvalue weighted by Gasteiger charge is -2.07. The van der Waals surface area contributed by atoms with Crippen molar-refractivity contribution >= 4 is 11.2 Å². The number of hydrogen-bond donors (Lipinski definition) is 1. The number of imidazole rings is 1. The molecule has 78 valence electrons. The van der Waals surface area contributed by atoms with E-state index >= 15 is 0 Å². The van der Waals surface area contributed by atoms with E-state index in [0.29, 0.717) is 10.7 Å². The van der Waals surface area contributed by atoms with Crippen LogP contribution in [0.15, 0.2) is 41.8 Å². The fourth-order valence-electron chi connectivity index (χ4n) is 1.20. The largest absolute Gasteiger partial charge is 0.609 e. The van der Waals surface area contributed by atoms with Gasteiger partial charge in [-0.3, -0.25) is 0 Å². The van der Waals surface area contributed by atoms with Crippen molar-refractivity contribution < 1.29 is 8.94 Å². The molecule has 0 aliphatic heterocycles. The first-order valence-electron chi connectivity index (χ1n) is 4.38. The molecule has 1 aromatic carbocycles. The third kappa shape index (κ3) is 2.37. The van der Waals surface area contributed by atoms with Crippen LogP contribution in [0.5, 0.6) is 0 Å².